The molecular formula is C13H25F3O3S2. The molecule has 0 aliphatic carbocycles. The standard InChI is InChI=1S/C12H25S.CHF3O3S/c1-11(2)7-6-8-12(3)9-10-13(4)5;2-1(3,4)8(5,6)7/h7,12H,6,8-10H2,1-5H3;(H,5,6,7)/q+1;/p-1. The zero-order valence-electron chi connectivity index (χ0n) is 13.2. The molecular weight excluding hydrogens is 325 g/mol. The summed E-state index contributed by atoms with van der Waals surface area (Å²) in [4.78, 5) is 0. The molecule has 21 heavy (non-hydrogen) atoms. The van der Waals surface area contributed by atoms with Crippen LogP contribution >= 0.6 is 0 Å². The van der Waals surface area contributed by atoms with E-state index in [1.54, 1.807) is 0 Å². The summed E-state index contributed by atoms with van der Waals surface area (Å²) in [5.41, 5.74) is -4.19. The maximum atomic E-state index is 10.7. The van der Waals surface area contributed by atoms with Gasteiger partial charge in [0.05, 0.1) is 12.5 Å². The van der Waals surface area contributed by atoms with E-state index in [-0.39, 0.29) is 0 Å². The molecule has 0 aromatic heterocycles. The van der Waals surface area contributed by atoms with Crippen LogP contribution in [0, 0.1) is 5.92 Å². The fourth-order valence-electron chi connectivity index (χ4n) is 1.24. The van der Waals surface area contributed by atoms with Gasteiger partial charge in [-0.05, 0) is 49.9 Å². The van der Waals surface area contributed by atoms with Gasteiger partial charge in [-0.25, -0.2) is 8.42 Å². The van der Waals surface area contributed by atoms with Crippen LogP contribution in [0.25, 0.3) is 0 Å². The van der Waals surface area contributed by atoms with Crippen molar-refractivity contribution in [3.63, 3.8) is 0 Å². The molecule has 0 saturated carbocycles. The molecule has 0 saturated heterocycles. The van der Waals surface area contributed by atoms with Crippen molar-refractivity contribution in [2.75, 3.05) is 18.3 Å². The Morgan fingerprint density at radius 2 is 1.67 bits per heavy atom. The highest BCUT2D eigenvalue weighted by atomic mass is 32.2. The van der Waals surface area contributed by atoms with Gasteiger partial charge in [-0.1, -0.05) is 18.6 Å². The van der Waals surface area contributed by atoms with Gasteiger partial charge in [0.15, 0.2) is 10.1 Å². The smallest absolute Gasteiger partial charge is 0.485 e. The minimum absolute atomic E-state index is 0.634. The molecule has 1 unspecified atom stereocenters. The molecule has 0 bridgehead atoms. The van der Waals surface area contributed by atoms with Crippen LogP contribution in [0.4, 0.5) is 13.2 Å². The molecule has 0 aromatic rings. The molecule has 0 rings (SSSR count). The molecule has 0 aliphatic heterocycles. The van der Waals surface area contributed by atoms with Crippen molar-refractivity contribution in [2.24, 2.45) is 5.92 Å². The van der Waals surface area contributed by atoms with E-state index in [2.05, 4.69) is 39.4 Å². The molecule has 0 heterocycles. The first-order valence-electron chi connectivity index (χ1n) is 6.47. The first kappa shape index (κ1) is 23.1. The van der Waals surface area contributed by atoms with E-state index >= 15 is 0 Å². The second-order valence-corrected chi connectivity index (χ2v) is 9.09. The zero-order valence-corrected chi connectivity index (χ0v) is 14.8. The van der Waals surface area contributed by atoms with Crippen LogP contribution in [-0.2, 0) is 21.0 Å². The Hall–Kier alpha value is -0.210. The molecule has 3 nitrogen and oxygen atoms in total. The Morgan fingerprint density at radius 1 is 1.24 bits per heavy atom. The van der Waals surface area contributed by atoms with Crippen molar-refractivity contribution in [1.29, 1.82) is 0 Å². The minimum Gasteiger partial charge on any atom is -0.741 e. The third kappa shape index (κ3) is 16.0. The summed E-state index contributed by atoms with van der Waals surface area (Å²) in [6.07, 6.45) is 11.1. The Morgan fingerprint density at radius 3 is 1.95 bits per heavy atom. The van der Waals surface area contributed by atoms with Crippen LogP contribution in [0.5, 0.6) is 0 Å². The zero-order chi connectivity index (χ0) is 17.3. The molecule has 0 aromatic carbocycles. The van der Waals surface area contributed by atoms with E-state index in [4.69, 9.17) is 13.0 Å². The predicted molar refractivity (Wildman–Crippen MR) is 82.3 cm³/mol. The third-order valence-corrected chi connectivity index (χ3v) is 4.13. The average Bonchev–Trinajstić information content (AvgIpc) is 2.23. The van der Waals surface area contributed by atoms with Gasteiger partial charge in [0.1, 0.15) is 5.75 Å². The highest BCUT2D eigenvalue weighted by Crippen LogP contribution is 2.20. The van der Waals surface area contributed by atoms with Crippen LogP contribution in [-0.4, -0.2) is 36.7 Å². The van der Waals surface area contributed by atoms with Gasteiger partial charge in [-0.2, -0.15) is 13.2 Å². The maximum Gasteiger partial charge on any atom is 0.485 e. The van der Waals surface area contributed by atoms with Crippen molar-refractivity contribution < 1.29 is 26.1 Å². The predicted octanol–water partition coefficient (Wildman–Crippen LogP) is 3.69. The molecule has 0 radical (unpaired) electrons. The van der Waals surface area contributed by atoms with Gasteiger partial charge >= 0.3 is 5.51 Å². The Bertz CT molecular complexity index is 397. The van der Waals surface area contributed by atoms with Gasteiger partial charge in [-0.15, -0.1) is 0 Å². The quantitative estimate of drug-likeness (QED) is 0.318. The number of allylic oxidation sites excluding steroid dienone is 2. The lowest BCUT2D eigenvalue weighted by Gasteiger charge is -2.08. The first-order valence-corrected chi connectivity index (χ1v) is 10.1. The van der Waals surface area contributed by atoms with Crippen LogP contribution in [0.1, 0.15) is 40.0 Å². The molecule has 0 aliphatic rings. The van der Waals surface area contributed by atoms with E-state index in [1.165, 1.54) is 30.6 Å². The van der Waals surface area contributed by atoms with Crippen LogP contribution in [0.3, 0.4) is 0 Å². The Labute approximate surface area is 129 Å². The summed E-state index contributed by atoms with van der Waals surface area (Å²) in [5.74, 6) is 2.32. The number of halogens is 3. The lowest BCUT2D eigenvalue weighted by Crippen LogP contribution is -2.21. The molecule has 128 valence electrons. The minimum atomic E-state index is -6.09. The molecule has 1 atom stereocenters. The van der Waals surface area contributed by atoms with E-state index < -0.39 is 15.6 Å². The SMILES string of the molecule is CC(C)=CCCC(C)CC[S+](C)C.O=S(=O)([O-])C(F)(F)F. The molecule has 0 fully saturated rings. The Kier molecular flexibility index (Phi) is 11.5. The van der Waals surface area contributed by atoms with Crippen molar-refractivity contribution in [1.82, 2.24) is 0 Å². The van der Waals surface area contributed by atoms with Crippen molar-refractivity contribution in [3.8, 4) is 0 Å². The summed E-state index contributed by atoms with van der Waals surface area (Å²) < 4.78 is 58.9. The van der Waals surface area contributed by atoms with Crippen LogP contribution in [0.2, 0.25) is 0 Å². The number of alkyl halides is 3. The van der Waals surface area contributed by atoms with Gasteiger partial charge in [-0.3, -0.25) is 0 Å². The highest BCUT2D eigenvalue weighted by Gasteiger charge is 2.36. The largest absolute Gasteiger partial charge is 0.741 e. The number of hydrogen-bond acceptors (Lipinski definition) is 3. The lowest BCUT2D eigenvalue weighted by molar-refractivity contribution is -0.0517. The van der Waals surface area contributed by atoms with Crippen molar-refractivity contribution in [2.45, 2.75) is 45.5 Å². The normalized spacial score (nSPS) is 13.4. The molecule has 0 amide bonds. The second kappa shape index (κ2) is 10.5. The fourth-order valence-corrected chi connectivity index (χ4v) is 2.11. The van der Waals surface area contributed by atoms with Crippen molar-refractivity contribution in [3.05, 3.63) is 11.6 Å². The van der Waals surface area contributed by atoms with E-state index in [9.17, 15) is 13.2 Å². The fraction of sp³-hybridized carbons (Fsp3) is 0.846. The van der Waals surface area contributed by atoms with Crippen LogP contribution < -0.4 is 0 Å². The first-order chi connectivity index (χ1) is 9.27. The summed E-state index contributed by atoms with van der Waals surface area (Å²) in [6, 6.07) is 0. The third-order valence-electron chi connectivity index (χ3n) is 2.51. The van der Waals surface area contributed by atoms with Crippen LogP contribution in [0.15, 0.2) is 11.6 Å². The van der Waals surface area contributed by atoms with E-state index in [1.807, 2.05) is 0 Å². The average molecular weight is 350 g/mol. The highest BCUT2D eigenvalue weighted by molar-refractivity contribution is 7.95. The summed E-state index contributed by atoms with van der Waals surface area (Å²) in [5, 5.41) is 0. The molecule has 0 N–H and O–H groups in total. The number of rotatable bonds is 6. The van der Waals surface area contributed by atoms with Gasteiger partial charge in [0.25, 0.3) is 0 Å². The van der Waals surface area contributed by atoms with Gasteiger partial charge < -0.3 is 4.55 Å². The summed E-state index contributed by atoms with van der Waals surface area (Å²) >= 11 is 0. The maximum absolute atomic E-state index is 10.7. The monoisotopic (exact) mass is 350 g/mol. The summed E-state index contributed by atoms with van der Waals surface area (Å²) in [7, 11) is -5.46. The molecule has 0 spiro atoms. The van der Waals surface area contributed by atoms with Gasteiger partial charge in [0.2, 0.25) is 0 Å². The topological polar surface area (TPSA) is 57.2 Å². The van der Waals surface area contributed by atoms with E-state index in [0.29, 0.717) is 10.9 Å². The molecule has 8 heteroatoms. The summed E-state index contributed by atoms with van der Waals surface area (Å²) in [6.45, 7) is 6.74. The second-order valence-electron chi connectivity index (χ2n) is 5.34. The van der Waals surface area contributed by atoms with Crippen molar-refractivity contribution >= 4 is 21.0 Å². The van der Waals surface area contributed by atoms with E-state index in [0.717, 1.165) is 5.92 Å². The number of hydrogen-bond donors (Lipinski definition) is 0. The lowest BCUT2D eigenvalue weighted by atomic mass is 10.0. The Balaban J connectivity index is 0. The van der Waals surface area contributed by atoms with Gasteiger partial charge in [0, 0.05) is 0 Å².